The molecule has 0 radical (unpaired) electrons. The highest BCUT2D eigenvalue weighted by Gasteiger charge is 2.25. The van der Waals surface area contributed by atoms with E-state index >= 15 is 0 Å². The quantitative estimate of drug-likeness (QED) is 0.764. The highest BCUT2D eigenvalue weighted by molar-refractivity contribution is 5.84. The Morgan fingerprint density at radius 2 is 2.04 bits per heavy atom. The van der Waals surface area contributed by atoms with Gasteiger partial charge in [0.25, 0.3) is 0 Å². The van der Waals surface area contributed by atoms with Crippen LogP contribution < -0.4 is 4.74 Å². The first kappa shape index (κ1) is 15.9. The lowest BCUT2D eigenvalue weighted by Crippen LogP contribution is -2.27. The Morgan fingerprint density at radius 3 is 2.74 bits per heavy atom. The molecule has 4 heteroatoms. The number of ether oxygens (including phenoxy) is 2. The van der Waals surface area contributed by atoms with E-state index in [0.717, 1.165) is 35.9 Å². The highest BCUT2D eigenvalue weighted by Crippen LogP contribution is 2.28. The minimum absolute atomic E-state index is 0.104. The zero-order chi connectivity index (χ0) is 16.2. The number of aromatic nitrogens is 1. The van der Waals surface area contributed by atoms with E-state index in [1.807, 2.05) is 42.0 Å². The number of hydrogen-bond donors (Lipinski definition) is 0. The first-order valence-electron chi connectivity index (χ1n) is 8.58. The van der Waals surface area contributed by atoms with Gasteiger partial charge in [-0.05, 0) is 56.4 Å². The van der Waals surface area contributed by atoms with Crippen LogP contribution in [0.5, 0.6) is 5.75 Å². The third-order valence-corrected chi connectivity index (χ3v) is 4.76. The first-order chi connectivity index (χ1) is 11.2. The van der Waals surface area contributed by atoms with Crippen LogP contribution in [-0.2, 0) is 9.53 Å². The number of fused-ring (bicyclic) bond motifs is 1. The summed E-state index contributed by atoms with van der Waals surface area (Å²) < 4.78 is 13.1. The molecule has 1 saturated carbocycles. The normalized spacial score (nSPS) is 17.1. The van der Waals surface area contributed by atoms with Gasteiger partial charge in [-0.15, -0.1) is 0 Å². The van der Waals surface area contributed by atoms with E-state index in [-0.39, 0.29) is 18.1 Å². The third kappa shape index (κ3) is 3.36. The standard InChI is InChI=1S/C19H25NO3/c1-3-17(19(21)23-15-7-5-4-6-8-15)20-12-11-14-13-16(22-2)9-10-18(14)20/h9-13,15,17H,3-8H2,1-2H3. The summed E-state index contributed by atoms with van der Waals surface area (Å²) in [5.41, 5.74) is 1.04. The molecule has 1 aliphatic carbocycles. The molecular formula is C19H25NO3. The predicted molar refractivity (Wildman–Crippen MR) is 90.8 cm³/mol. The molecule has 1 heterocycles. The number of carbonyl (C=O) groups excluding carboxylic acids is 1. The van der Waals surface area contributed by atoms with Crippen molar-refractivity contribution in [2.45, 2.75) is 57.6 Å². The minimum Gasteiger partial charge on any atom is -0.497 e. The van der Waals surface area contributed by atoms with Gasteiger partial charge in [-0.3, -0.25) is 0 Å². The van der Waals surface area contributed by atoms with Gasteiger partial charge in [-0.25, -0.2) is 4.79 Å². The Labute approximate surface area is 137 Å². The molecule has 1 aromatic heterocycles. The number of nitrogens with zero attached hydrogens (tertiary/aromatic N) is 1. The lowest BCUT2D eigenvalue weighted by Gasteiger charge is -2.25. The van der Waals surface area contributed by atoms with Crippen LogP contribution in [0.1, 0.15) is 51.5 Å². The fourth-order valence-electron chi connectivity index (χ4n) is 3.44. The van der Waals surface area contributed by atoms with Crippen LogP contribution in [0.2, 0.25) is 0 Å². The largest absolute Gasteiger partial charge is 0.497 e. The van der Waals surface area contributed by atoms with Crippen molar-refractivity contribution in [3.63, 3.8) is 0 Å². The summed E-state index contributed by atoms with van der Waals surface area (Å²) in [6.45, 7) is 2.03. The monoisotopic (exact) mass is 315 g/mol. The molecule has 1 aromatic carbocycles. The molecule has 2 aromatic rings. The summed E-state index contributed by atoms with van der Waals surface area (Å²) >= 11 is 0. The van der Waals surface area contributed by atoms with Gasteiger partial charge >= 0.3 is 5.97 Å². The number of esters is 1. The van der Waals surface area contributed by atoms with Gasteiger partial charge in [-0.2, -0.15) is 0 Å². The second-order valence-electron chi connectivity index (χ2n) is 6.27. The van der Waals surface area contributed by atoms with Crippen molar-refractivity contribution in [1.82, 2.24) is 4.57 Å². The fourth-order valence-corrected chi connectivity index (χ4v) is 3.44. The maximum atomic E-state index is 12.6. The molecule has 1 atom stereocenters. The lowest BCUT2D eigenvalue weighted by molar-refractivity contribution is -0.154. The number of hydrogen-bond acceptors (Lipinski definition) is 3. The van der Waals surface area contributed by atoms with Crippen LogP contribution >= 0.6 is 0 Å². The van der Waals surface area contributed by atoms with Crippen LogP contribution in [0.3, 0.4) is 0 Å². The van der Waals surface area contributed by atoms with Gasteiger partial charge in [0, 0.05) is 17.1 Å². The van der Waals surface area contributed by atoms with Crippen molar-refractivity contribution in [3.8, 4) is 5.75 Å². The van der Waals surface area contributed by atoms with Crippen molar-refractivity contribution in [2.24, 2.45) is 0 Å². The van der Waals surface area contributed by atoms with E-state index in [9.17, 15) is 4.79 Å². The Morgan fingerprint density at radius 1 is 1.26 bits per heavy atom. The zero-order valence-electron chi connectivity index (χ0n) is 14.0. The number of benzene rings is 1. The molecule has 1 unspecified atom stereocenters. The first-order valence-corrected chi connectivity index (χ1v) is 8.58. The van der Waals surface area contributed by atoms with Gasteiger partial charge in [0.2, 0.25) is 0 Å². The molecule has 4 nitrogen and oxygen atoms in total. The highest BCUT2D eigenvalue weighted by atomic mass is 16.5. The third-order valence-electron chi connectivity index (χ3n) is 4.76. The Balaban J connectivity index is 1.81. The van der Waals surface area contributed by atoms with Crippen LogP contribution in [0.25, 0.3) is 10.9 Å². The van der Waals surface area contributed by atoms with Crippen molar-refractivity contribution in [3.05, 3.63) is 30.5 Å². The summed E-state index contributed by atoms with van der Waals surface area (Å²) in [6, 6.07) is 7.69. The second-order valence-corrected chi connectivity index (χ2v) is 6.27. The smallest absolute Gasteiger partial charge is 0.329 e. The van der Waals surface area contributed by atoms with Gasteiger partial charge in [0.05, 0.1) is 7.11 Å². The Hall–Kier alpha value is -1.97. The SMILES string of the molecule is CCC(C(=O)OC1CCCCC1)n1ccc2cc(OC)ccc21. The number of rotatable bonds is 5. The topological polar surface area (TPSA) is 40.5 Å². The van der Waals surface area contributed by atoms with E-state index in [0.29, 0.717) is 0 Å². The minimum atomic E-state index is -0.261. The summed E-state index contributed by atoms with van der Waals surface area (Å²) in [5, 5.41) is 1.08. The summed E-state index contributed by atoms with van der Waals surface area (Å²) in [4.78, 5) is 12.6. The Bertz CT molecular complexity index is 670. The van der Waals surface area contributed by atoms with Crippen LogP contribution in [-0.4, -0.2) is 23.8 Å². The molecule has 0 amide bonds. The fraction of sp³-hybridized carbons (Fsp3) is 0.526. The molecule has 0 aliphatic heterocycles. The predicted octanol–water partition coefficient (Wildman–Crippen LogP) is 4.48. The van der Waals surface area contributed by atoms with Crippen LogP contribution in [0.15, 0.2) is 30.5 Å². The van der Waals surface area contributed by atoms with Gasteiger partial charge in [-0.1, -0.05) is 13.3 Å². The lowest BCUT2D eigenvalue weighted by atomic mass is 9.98. The average Bonchev–Trinajstić information content (AvgIpc) is 2.99. The maximum Gasteiger partial charge on any atom is 0.329 e. The van der Waals surface area contributed by atoms with Gasteiger partial charge < -0.3 is 14.0 Å². The maximum absolute atomic E-state index is 12.6. The molecule has 0 saturated heterocycles. The van der Waals surface area contributed by atoms with Crippen molar-refractivity contribution in [2.75, 3.05) is 7.11 Å². The van der Waals surface area contributed by atoms with E-state index in [2.05, 4.69) is 0 Å². The molecule has 124 valence electrons. The van der Waals surface area contributed by atoms with Gasteiger partial charge in [0.15, 0.2) is 0 Å². The zero-order valence-corrected chi connectivity index (χ0v) is 14.0. The Kier molecular flexibility index (Phi) is 4.89. The molecule has 1 aliphatic rings. The summed E-state index contributed by atoms with van der Waals surface area (Å²) in [7, 11) is 1.66. The summed E-state index contributed by atoms with van der Waals surface area (Å²) in [5.74, 6) is 0.723. The van der Waals surface area contributed by atoms with Crippen LogP contribution in [0, 0.1) is 0 Å². The van der Waals surface area contributed by atoms with E-state index < -0.39 is 0 Å². The molecule has 0 bridgehead atoms. The molecule has 0 N–H and O–H groups in total. The molecule has 0 spiro atoms. The van der Waals surface area contributed by atoms with E-state index in [4.69, 9.17) is 9.47 Å². The number of methoxy groups -OCH3 is 1. The van der Waals surface area contributed by atoms with Crippen molar-refractivity contribution < 1.29 is 14.3 Å². The summed E-state index contributed by atoms with van der Waals surface area (Å²) in [6.07, 6.45) is 8.41. The molecular weight excluding hydrogens is 290 g/mol. The van der Waals surface area contributed by atoms with Gasteiger partial charge in [0.1, 0.15) is 17.9 Å². The van der Waals surface area contributed by atoms with E-state index in [1.165, 1.54) is 19.3 Å². The second kappa shape index (κ2) is 7.07. The van der Waals surface area contributed by atoms with Crippen molar-refractivity contribution >= 4 is 16.9 Å². The molecule has 23 heavy (non-hydrogen) atoms. The average molecular weight is 315 g/mol. The van der Waals surface area contributed by atoms with E-state index in [1.54, 1.807) is 7.11 Å². The molecule has 3 rings (SSSR count). The van der Waals surface area contributed by atoms with Crippen LogP contribution in [0.4, 0.5) is 0 Å². The van der Waals surface area contributed by atoms with Crippen molar-refractivity contribution in [1.29, 1.82) is 0 Å². The number of carbonyl (C=O) groups is 1. The molecule has 1 fully saturated rings.